The van der Waals surface area contributed by atoms with E-state index in [9.17, 15) is 4.79 Å². The number of nitrogens with one attached hydrogen (secondary N) is 1. The van der Waals surface area contributed by atoms with Crippen LogP contribution >= 0.6 is 0 Å². The second-order valence-electron chi connectivity index (χ2n) is 6.00. The van der Waals surface area contributed by atoms with Crippen LogP contribution in [-0.4, -0.2) is 53.3 Å². The molecule has 1 aromatic heterocycles. The molecular weight excluding hydrogens is 260 g/mol. The molecule has 1 aliphatic rings. The van der Waals surface area contributed by atoms with Crippen molar-refractivity contribution in [2.45, 2.75) is 39.2 Å². The van der Waals surface area contributed by atoms with Gasteiger partial charge in [0, 0.05) is 32.0 Å². The van der Waals surface area contributed by atoms with Crippen LogP contribution in [0.3, 0.4) is 0 Å². The number of nitrogens with zero attached hydrogens (tertiary/aromatic N) is 3. The van der Waals surface area contributed by atoms with Crippen LogP contribution in [0.15, 0.2) is 4.42 Å². The van der Waals surface area contributed by atoms with E-state index in [1.807, 2.05) is 20.8 Å². The predicted molar refractivity (Wildman–Crippen MR) is 73.5 cm³/mol. The number of carbonyl (C=O) groups excluding carboxylic acids is 1. The van der Waals surface area contributed by atoms with E-state index < -0.39 is 0 Å². The summed E-state index contributed by atoms with van der Waals surface area (Å²) in [5, 5.41) is 11.0. The summed E-state index contributed by atoms with van der Waals surface area (Å²) in [4.78, 5) is 13.1. The molecule has 1 unspecified atom stereocenters. The van der Waals surface area contributed by atoms with Crippen LogP contribution in [0.25, 0.3) is 0 Å². The summed E-state index contributed by atoms with van der Waals surface area (Å²) in [6.45, 7) is 9.95. The van der Waals surface area contributed by atoms with Crippen LogP contribution in [0, 0.1) is 0 Å². The minimum Gasteiger partial charge on any atom is -0.408 e. The molecule has 1 aromatic rings. The Labute approximate surface area is 118 Å². The van der Waals surface area contributed by atoms with E-state index in [-0.39, 0.29) is 17.4 Å². The van der Waals surface area contributed by atoms with Crippen LogP contribution in [0.4, 0.5) is 6.01 Å². The third-order valence-electron chi connectivity index (χ3n) is 3.13. The number of rotatable bonds is 3. The summed E-state index contributed by atoms with van der Waals surface area (Å²) in [7, 11) is 0. The maximum atomic E-state index is 11.3. The van der Waals surface area contributed by atoms with Crippen molar-refractivity contribution in [3.8, 4) is 0 Å². The zero-order valence-electron chi connectivity index (χ0n) is 12.5. The minimum absolute atomic E-state index is 0.0577. The number of anilines is 1. The fourth-order valence-electron chi connectivity index (χ4n) is 1.93. The first-order valence-electron chi connectivity index (χ1n) is 6.81. The first-order valence-corrected chi connectivity index (χ1v) is 6.81. The highest BCUT2D eigenvalue weighted by Crippen LogP contribution is 2.21. The quantitative estimate of drug-likeness (QED) is 0.891. The van der Waals surface area contributed by atoms with Gasteiger partial charge in [0.2, 0.25) is 11.8 Å². The smallest absolute Gasteiger partial charge is 0.315 e. The van der Waals surface area contributed by atoms with Crippen molar-refractivity contribution >= 4 is 11.9 Å². The molecule has 20 heavy (non-hydrogen) atoms. The first-order chi connectivity index (χ1) is 9.36. The van der Waals surface area contributed by atoms with E-state index in [1.54, 1.807) is 11.8 Å². The summed E-state index contributed by atoms with van der Waals surface area (Å²) < 4.78 is 11.2. The molecule has 0 bridgehead atoms. The Morgan fingerprint density at radius 1 is 1.45 bits per heavy atom. The van der Waals surface area contributed by atoms with Gasteiger partial charge in [-0.05, 0) is 0 Å². The van der Waals surface area contributed by atoms with E-state index in [0.717, 1.165) is 0 Å². The van der Waals surface area contributed by atoms with Gasteiger partial charge in [-0.2, -0.15) is 0 Å². The van der Waals surface area contributed by atoms with Crippen LogP contribution in [0.1, 0.15) is 33.6 Å². The molecule has 7 heteroatoms. The SMILES string of the molecule is CC(=O)N1CCOC(CNc2nnc(C(C)(C)C)o2)C1. The summed E-state index contributed by atoms with van der Waals surface area (Å²) in [6.07, 6.45) is -0.0577. The highest BCUT2D eigenvalue weighted by molar-refractivity contribution is 5.73. The Kier molecular flexibility index (Phi) is 4.27. The molecule has 1 saturated heterocycles. The molecule has 112 valence electrons. The second kappa shape index (κ2) is 5.78. The van der Waals surface area contributed by atoms with Crippen molar-refractivity contribution in [1.82, 2.24) is 15.1 Å². The molecule has 1 amide bonds. The number of hydrogen-bond donors (Lipinski definition) is 1. The van der Waals surface area contributed by atoms with Crippen molar-refractivity contribution in [2.75, 3.05) is 31.6 Å². The predicted octanol–water partition coefficient (Wildman–Crippen LogP) is 1.03. The molecule has 7 nitrogen and oxygen atoms in total. The Morgan fingerprint density at radius 3 is 2.80 bits per heavy atom. The molecule has 0 aromatic carbocycles. The van der Waals surface area contributed by atoms with E-state index in [4.69, 9.17) is 9.15 Å². The largest absolute Gasteiger partial charge is 0.408 e. The number of morpholine rings is 1. The molecule has 2 heterocycles. The Bertz CT molecular complexity index is 466. The van der Waals surface area contributed by atoms with Gasteiger partial charge in [0.05, 0.1) is 12.7 Å². The highest BCUT2D eigenvalue weighted by atomic mass is 16.5. The zero-order valence-corrected chi connectivity index (χ0v) is 12.5. The van der Waals surface area contributed by atoms with Crippen molar-refractivity contribution in [3.05, 3.63) is 5.89 Å². The molecule has 0 aliphatic carbocycles. The number of aromatic nitrogens is 2. The first kappa shape index (κ1) is 14.8. The zero-order chi connectivity index (χ0) is 14.8. The third-order valence-corrected chi connectivity index (χ3v) is 3.13. The van der Waals surface area contributed by atoms with Gasteiger partial charge in [0.25, 0.3) is 0 Å². The minimum atomic E-state index is -0.167. The lowest BCUT2D eigenvalue weighted by Gasteiger charge is -2.32. The molecule has 0 spiro atoms. The van der Waals surface area contributed by atoms with Crippen molar-refractivity contribution < 1.29 is 13.9 Å². The average molecular weight is 282 g/mol. The number of ether oxygens (including phenoxy) is 1. The molecule has 0 saturated carbocycles. The number of hydrogen-bond acceptors (Lipinski definition) is 6. The molecule has 0 radical (unpaired) electrons. The fourth-order valence-corrected chi connectivity index (χ4v) is 1.93. The van der Waals surface area contributed by atoms with Gasteiger partial charge < -0.3 is 19.4 Å². The van der Waals surface area contributed by atoms with E-state index >= 15 is 0 Å². The molecular formula is C13H22N4O3. The number of carbonyl (C=O) groups is 1. The summed E-state index contributed by atoms with van der Waals surface area (Å²) >= 11 is 0. The topological polar surface area (TPSA) is 80.5 Å². The Balaban J connectivity index is 1.86. The number of amides is 1. The van der Waals surface area contributed by atoms with Gasteiger partial charge in [-0.1, -0.05) is 25.9 Å². The monoisotopic (exact) mass is 282 g/mol. The standard InChI is InChI=1S/C13H22N4O3/c1-9(18)17-5-6-19-10(8-17)7-14-12-16-15-11(20-12)13(2,3)4/h10H,5-8H2,1-4H3,(H,14,16). The third kappa shape index (κ3) is 3.69. The van der Waals surface area contributed by atoms with Gasteiger partial charge in [0.15, 0.2) is 0 Å². The van der Waals surface area contributed by atoms with Crippen LogP contribution in [0.5, 0.6) is 0 Å². The lowest BCUT2D eigenvalue weighted by Crippen LogP contribution is -2.47. The summed E-state index contributed by atoms with van der Waals surface area (Å²) in [5.41, 5.74) is -0.167. The second-order valence-corrected chi connectivity index (χ2v) is 6.00. The van der Waals surface area contributed by atoms with Gasteiger partial charge in [-0.15, -0.1) is 5.10 Å². The Hall–Kier alpha value is -1.63. The normalized spacial score (nSPS) is 20.0. The summed E-state index contributed by atoms with van der Waals surface area (Å²) in [5.74, 6) is 0.668. The molecule has 1 atom stereocenters. The van der Waals surface area contributed by atoms with E-state index in [1.165, 1.54) is 0 Å². The lowest BCUT2D eigenvalue weighted by atomic mass is 9.97. The van der Waals surface area contributed by atoms with Gasteiger partial charge in [0.1, 0.15) is 0 Å². The average Bonchev–Trinajstić information content (AvgIpc) is 2.85. The van der Waals surface area contributed by atoms with E-state index in [2.05, 4.69) is 15.5 Å². The molecule has 1 fully saturated rings. The van der Waals surface area contributed by atoms with Gasteiger partial charge in [-0.3, -0.25) is 4.79 Å². The Morgan fingerprint density at radius 2 is 2.20 bits per heavy atom. The van der Waals surface area contributed by atoms with E-state index in [0.29, 0.717) is 38.1 Å². The molecule has 1 aliphatic heterocycles. The van der Waals surface area contributed by atoms with Crippen LogP contribution in [-0.2, 0) is 14.9 Å². The van der Waals surface area contributed by atoms with Crippen LogP contribution in [0.2, 0.25) is 0 Å². The van der Waals surface area contributed by atoms with Crippen molar-refractivity contribution in [3.63, 3.8) is 0 Å². The summed E-state index contributed by atoms with van der Waals surface area (Å²) in [6, 6.07) is 0.387. The molecule has 1 N–H and O–H groups in total. The molecule has 2 rings (SSSR count). The lowest BCUT2D eigenvalue weighted by molar-refractivity contribution is -0.135. The maximum Gasteiger partial charge on any atom is 0.315 e. The maximum absolute atomic E-state index is 11.3. The van der Waals surface area contributed by atoms with Crippen LogP contribution < -0.4 is 5.32 Å². The fraction of sp³-hybridized carbons (Fsp3) is 0.769. The van der Waals surface area contributed by atoms with Gasteiger partial charge in [-0.25, -0.2) is 0 Å². The van der Waals surface area contributed by atoms with Crippen molar-refractivity contribution in [1.29, 1.82) is 0 Å². The van der Waals surface area contributed by atoms with Crippen molar-refractivity contribution in [2.24, 2.45) is 0 Å². The highest BCUT2D eigenvalue weighted by Gasteiger charge is 2.24. The van der Waals surface area contributed by atoms with Gasteiger partial charge >= 0.3 is 6.01 Å².